The minimum Gasteiger partial charge on any atom is -0.466 e. The normalized spacial score (nSPS) is 12.8. The fourth-order valence-corrected chi connectivity index (χ4v) is 6.98. The van der Waals surface area contributed by atoms with E-state index in [4.69, 9.17) is 4.74 Å². The van der Waals surface area contributed by atoms with Crippen LogP contribution >= 0.6 is 0 Å². The fourth-order valence-electron chi connectivity index (χ4n) is 6.98. The van der Waals surface area contributed by atoms with Gasteiger partial charge in [0.1, 0.15) is 0 Å². The van der Waals surface area contributed by atoms with Crippen LogP contribution in [0.25, 0.3) is 0 Å². The van der Waals surface area contributed by atoms with E-state index in [2.05, 4.69) is 31.3 Å². The number of allylic oxidation sites excluding steroid dienone is 2. The number of amides is 1. The Hall–Kier alpha value is -1.40. The van der Waals surface area contributed by atoms with E-state index in [9.17, 15) is 19.8 Å². The van der Waals surface area contributed by atoms with E-state index in [0.29, 0.717) is 25.9 Å². The van der Waals surface area contributed by atoms with Crippen LogP contribution in [0.2, 0.25) is 0 Å². The highest BCUT2D eigenvalue weighted by atomic mass is 16.5. The molecule has 0 rings (SSSR count). The van der Waals surface area contributed by atoms with Gasteiger partial charge in [-0.2, -0.15) is 0 Å². The number of aliphatic hydroxyl groups excluding tert-OH is 2. The van der Waals surface area contributed by atoms with E-state index in [1.165, 1.54) is 135 Å². The van der Waals surface area contributed by atoms with Crippen LogP contribution in [0, 0.1) is 0 Å². The number of carbonyl (C=O) groups excluding carboxylic acids is 2. The van der Waals surface area contributed by atoms with Crippen molar-refractivity contribution in [3.63, 3.8) is 0 Å². The number of nitrogens with one attached hydrogen (secondary N) is 1. The summed E-state index contributed by atoms with van der Waals surface area (Å²) in [6.45, 7) is 4.87. The van der Waals surface area contributed by atoms with Crippen LogP contribution in [-0.4, -0.2) is 47.4 Å². The molecule has 6 nitrogen and oxygen atoms in total. The minimum atomic E-state index is -0.677. The Balaban J connectivity index is 3.49. The Kier molecular flexibility index (Phi) is 41.2. The SMILES string of the molecule is CCCCCCCCCCCCCCCC(=O)OCCCCC/C=C\CCCCCCCC(=O)NC(CO)C(O)CCCCCCCCCCCC. The summed E-state index contributed by atoms with van der Waals surface area (Å²) >= 11 is 0. The number of rotatable bonds is 42. The van der Waals surface area contributed by atoms with Gasteiger partial charge < -0.3 is 20.3 Å². The molecule has 0 fully saturated rings. The Morgan fingerprint density at radius 3 is 1.37 bits per heavy atom. The summed E-state index contributed by atoms with van der Waals surface area (Å²) in [6.07, 6.45) is 46.0. The van der Waals surface area contributed by atoms with Crippen LogP contribution in [-0.2, 0) is 14.3 Å². The van der Waals surface area contributed by atoms with Gasteiger partial charge in [0.05, 0.1) is 25.4 Å². The molecule has 0 aromatic rings. The Labute approximate surface area is 323 Å². The molecule has 0 aliphatic rings. The fraction of sp³-hybridized carbons (Fsp3) is 0.913. The van der Waals surface area contributed by atoms with Gasteiger partial charge in [-0.1, -0.05) is 187 Å². The molecule has 0 heterocycles. The van der Waals surface area contributed by atoms with Crippen LogP contribution in [0.1, 0.15) is 245 Å². The van der Waals surface area contributed by atoms with E-state index in [1.54, 1.807) is 0 Å². The summed E-state index contributed by atoms with van der Waals surface area (Å²) in [4.78, 5) is 24.3. The molecule has 308 valence electrons. The summed E-state index contributed by atoms with van der Waals surface area (Å²) in [5.74, 6) is -0.0845. The van der Waals surface area contributed by atoms with Gasteiger partial charge in [-0.25, -0.2) is 0 Å². The van der Waals surface area contributed by atoms with Crippen molar-refractivity contribution in [1.82, 2.24) is 5.32 Å². The number of hydrogen-bond acceptors (Lipinski definition) is 5. The first-order chi connectivity index (χ1) is 25.5. The lowest BCUT2D eigenvalue weighted by atomic mass is 10.0. The van der Waals surface area contributed by atoms with Gasteiger partial charge in [-0.3, -0.25) is 9.59 Å². The number of carbonyl (C=O) groups is 2. The van der Waals surface area contributed by atoms with Crippen molar-refractivity contribution >= 4 is 11.9 Å². The third-order valence-corrected chi connectivity index (χ3v) is 10.6. The minimum absolute atomic E-state index is 0.0218. The molecule has 0 aliphatic carbocycles. The van der Waals surface area contributed by atoms with Gasteiger partial charge >= 0.3 is 5.97 Å². The number of ether oxygens (including phenoxy) is 1. The van der Waals surface area contributed by atoms with Gasteiger partial charge in [-0.15, -0.1) is 0 Å². The predicted octanol–water partition coefficient (Wildman–Crippen LogP) is 13.0. The zero-order chi connectivity index (χ0) is 38.0. The molecule has 0 aromatic carbocycles. The summed E-state index contributed by atoms with van der Waals surface area (Å²) in [7, 11) is 0. The van der Waals surface area contributed by atoms with E-state index in [1.807, 2.05) is 0 Å². The smallest absolute Gasteiger partial charge is 0.305 e. The van der Waals surface area contributed by atoms with Crippen molar-refractivity contribution in [2.45, 2.75) is 257 Å². The van der Waals surface area contributed by atoms with E-state index in [0.717, 1.165) is 77.0 Å². The molecule has 3 N–H and O–H groups in total. The van der Waals surface area contributed by atoms with Gasteiger partial charge in [0, 0.05) is 12.8 Å². The van der Waals surface area contributed by atoms with Crippen molar-refractivity contribution in [3.05, 3.63) is 12.2 Å². The van der Waals surface area contributed by atoms with Crippen molar-refractivity contribution in [2.75, 3.05) is 13.2 Å². The molecule has 0 saturated heterocycles. The highest BCUT2D eigenvalue weighted by Crippen LogP contribution is 2.15. The second-order valence-electron chi connectivity index (χ2n) is 15.7. The number of esters is 1. The molecule has 0 aromatic heterocycles. The lowest BCUT2D eigenvalue weighted by Crippen LogP contribution is -2.45. The molecule has 0 aliphatic heterocycles. The quantitative estimate of drug-likeness (QED) is 0.0329. The molecule has 52 heavy (non-hydrogen) atoms. The molecular formula is C46H89NO5. The maximum atomic E-state index is 12.4. The average molecular weight is 736 g/mol. The van der Waals surface area contributed by atoms with Gasteiger partial charge in [0.2, 0.25) is 5.91 Å². The second kappa shape index (κ2) is 42.3. The van der Waals surface area contributed by atoms with E-state index >= 15 is 0 Å². The zero-order valence-corrected chi connectivity index (χ0v) is 34.8. The molecule has 2 unspecified atom stereocenters. The average Bonchev–Trinajstić information content (AvgIpc) is 3.14. The zero-order valence-electron chi connectivity index (χ0n) is 34.8. The number of unbranched alkanes of at least 4 members (excludes halogenated alkanes) is 29. The predicted molar refractivity (Wildman–Crippen MR) is 223 cm³/mol. The first kappa shape index (κ1) is 50.6. The highest BCUT2D eigenvalue weighted by molar-refractivity contribution is 5.76. The molecule has 6 heteroatoms. The maximum Gasteiger partial charge on any atom is 0.305 e. The molecule has 1 amide bonds. The monoisotopic (exact) mass is 736 g/mol. The van der Waals surface area contributed by atoms with Crippen LogP contribution < -0.4 is 5.32 Å². The lowest BCUT2D eigenvalue weighted by molar-refractivity contribution is -0.143. The van der Waals surface area contributed by atoms with Crippen molar-refractivity contribution in [3.8, 4) is 0 Å². The summed E-state index contributed by atoms with van der Waals surface area (Å²) < 4.78 is 5.43. The maximum absolute atomic E-state index is 12.4. The van der Waals surface area contributed by atoms with Crippen LogP contribution in [0.5, 0.6) is 0 Å². The van der Waals surface area contributed by atoms with E-state index in [-0.39, 0.29) is 18.5 Å². The molecule has 0 saturated carbocycles. The Morgan fingerprint density at radius 1 is 0.519 bits per heavy atom. The van der Waals surface area contributed by atoms with Crippen molar-refractivity contribution < 1.29 is 24.5 Å². The first-order valence-corrected chi connectivity index (χ1v) is 22.9. The van der Waals surface area contributed by atoms with Gasteiger partial charge in [0.25, 0.3) is 0 Å². The Bertz CT molecular complexity index is 772. The highest BCUT2D eigenvalue weighted by Gasteiger charge is 2.20. The molecule has 0 bridgehead atoms. The summed E-state index contributed by atoms with van der Waals surface area (Å²) in [6, 6.07) is -0.556. The third kappa shape index (κ3) is 38.3. The molecule has 0 spiro atoms. The van der Waals surface area contributed by atoms with Crippen LogP contribution in [0.4, 0.5) is 0 Å². The van der Waals surface area contributed by atoms with Crippen molar-refractivity contribution in [1.29, 1.82) is 0 Å². The molecular weight excluding hydrogens is 647 g/mol. The van der Waals surface area contributed by atoms with Gasteiger partial charge in [-0.05, 0) is 57.8 Å². The first-order valence-electron chi connectivity index (χ1n) is 22.9. The molecule has 0 radical (unpaired) electrons. The topological polar surface area (TPSA) is 95.9 Å². The largest absolute Gasteiger partial charge is 0.466 e. The van der Waals surface area contributed by atoms with Crippen molar-refractivity contribution in [2.24, 2.45) is 0 Å². The Morgan fingerprint density at radius 2 is 0.904 bits per heavy atom. The van der Waals surface area contributed by atoms with Gasteiger partial charge in [0.15, 0.2) is 0 Å². The molecule has 2 atom stereocenters. The lowest BCUT2D eigenvalue weighted by Gasteiger charge is -2.22. The standard InChI is InChI=1S/C46H89NO5/c1-3-5-7-9-11-13-15-16-20-24-28-32-36-40-46(51)52-41-37-33-29-25-21-18-17-19-23-27-31-35-39-45(50)47-43(42-48)44(49)38-34-30-26-22-14-12-10-8-6-4-2/h18,21,43-44,48-49H,3-17,19-20,22-42H2,1-2H3,(H,47,50)/b21-18-. The second-order valence-corrected chi connectivity index (χ2v) is 15.7. The summed E-state index contributed by atoms with van der Waals surface area (Å²) in [5.41, 5.74) is 0. The van der Waals surface area contributed by atoms with Crippen LogP contribution in [0.15, 0.2) is 12.2 Å². The third-order valence-electron chi connectivity index (χ3n) is 10.6. The van der Waals surface area contributed by atoms with E-state index < -0.39 is 12.1 Å². The number of aliphatic hydroxyl groups is 2. The van der Waals surface area contributed by atoms with Crippen LogP contribution in [0.3, 0.4) is 0 Å². The summed E-state index contributed by atoms with van der Waals surface area (Å²) in [5, 5.41) is 23.0. The number of hydrogen-bond donors (Lipinski definition) is 3.